The number of nitrogens with zero attached hydrogens (tertiary/aromatic N) is 1. The fraction of sp³-hybridized carbons (Fsp3) is 0.429. The molecule has 4 N–H and O–H groups in total. The van der Waals surface area contributed by atoms with Crippen LogP contribution >= 0.6 is 0 Å². The second-order valence-corrected chi connectivity index (χ2v) is 4.94. The van der Waals surface area contributed by atoms with Crippen LogP contribution in [0.25, 0.3) is 0 Å². The molecule has 1 aromatic carbocycles. The minimum absolute atomic E-state index is 0.192. The van der Waals surface area contributed by atoms with Crippen molar-refractivity contribution in [2.45, 2.75) is 19.1 Å². The molecule has 1 heterocycles. The molecule has 0 bridgehead atoms. The Morgan fingerprint density at radius 2 is 2.24 bits per heavy atom. The summed E-state index contributed by atoms with van der Waals surface area (Å²) in [6.07, 6.45) is -0.657. The number of methoxy groups -OCH3 is 1. The summed E-state index contributed by atoms with van der Waals surface area (Å²) in [5.41, 5.74) is 12.5. The lowest BCUT2D eigenvalue weighted by atomic mass is 10.0. The lowest BCUT2D eigenvalue weighted by Gasteiger charge is -2.32. The molecular formula is C14H19N3O4. The van der Waals surface area contributed by atoms with E-state index in [1.165, 1.54) is 4.90 Å². The second kappa shape index (κ2) is 6.11. The van der Waals surface area contributed by atoms with Crippen molar-refractivity contribution in [3.05, 3.63) is 23.8 Å². The van der Waals surface area contributed by atoms with Crippen molar-refractivity contribution in [2.75, 3.05) is 25.2 Å². The summed E-state index contributed by atoms with van der Waals surface area (Å²) in [6.45, 7) is 1.78. The van der Waals surface area contributed by atoms with Crippen molar-refractivity contribution in [1.82, 2.24) is 0 Å². The molecular weight excluding hydrogens is 274 g/mol. The van der Waals surface area contributed by atoms with Crippen LogP contribution in [0.5, 0.6) is 5.75 Å². The van der Waals surface area contributed by atoms with E-state index in [4.69, 9.17) is 20.9 Å². The van der Waals surface area contributed by atoms with Crippen molar-refractivity contribution in [1.29, 1.82) is 0 Å². The van der Waals surface area contributed by atoms with E-state index < -0.39 is 12.0 Å². The normalized spacial score (nSPS) is 18.9. The Labute approximate surface area is 122 Å². The van der Waals surface area contributed by atoms with E-state index >= 15 is 0 Å². The Hall–Kier alpha value is -2.12. The van der Waals surface area contributed by atoms with Crippen LogP contribution in [-0.2, 0) is 14.3 Å². The Bertz CT molecular complexity index is 561. The highest BCUT2D eigenvalue weighted by atomic mass is 16.5. The van der Waals surface area contributed by atoms with E-state index in [2.05, 4.69) is 0 Å². The standard InChI is InChI=1S/C14H19N3O4/c1-8-14(19)17(6-13(16)18)11-5-9(10(15)7-20-2)3-4-12(11)21-8/h3-5,8,10H,6-7,15H2,1-2H3,(H2,16,18). The first-order chi connectivity index (χ1) is 9.93. The highest BCUT2D eigenvalue weighted by Gasteiger charge is 2.32. The van der Waals surface area contributed by atoms with E-state index in [0.29, 0.717) is 18.0 Å². The predicted octanol–water partition coefficient (Wildman–Crippen LogP) is -0.0680. The molecule has 0 radical (unpaired) electrons. The van der Waals surface area contributed by atoms with Gasteiger partial charge in [-0.25, -0.2) is 0 Å². The molecule has 21 heavy (non-hydrogen) atoms. The number of hydrogen-bond donors (Lipinski definition) is 2. The van der Waals surface area contributed by atoms with Crippen LogP contribution in [0.3, 0.4) is 0 Å². The van der Waals surface area contributed by atoms with Gasteiger partial charge in [0.25, 0.3) is 5.91 Å². The largest absolute Gasteiger partial charge is 0.479 e. The Morgan fingerprint density at radius 3 is 2.86 bits per heavy atom. The number of carbonyl (C=O) groups excluding carboxylic acids is 2. The summed E-state index contributed by atoms with van der Waals surface area (Å²) < 4.78 is 10.6. The van der Waals surface area contributed by atoms with Crippen molar-refractivity contribution in [2.24, 2.45) is 11.5 Å². The summed E-state index contributed by atoms with van der Waals surface area (Å²) >= 11 is 0. The number of primary amides is 1. The molecule has 0 aromatic heterocycles. The predicted molar refractivity (Wildman–Crippen MR) is 76.9 cm³/mol. The lowest BCUT2D eigenvalue weighted by molar-refractivity contribution is -0.127. The second-order valence-electron chi connectivity index (χ2n) is 4.94. The summed E-state index contributed by atoms with van der Waals surface area (Å²) in [7, 11) is 1.56. The number of rotatable bonds is 5. The molecule has 1 aliphatic rings. The van der Waals surface area contributed by atoms with Gasteiger partial charge in [-0.05, 0) is 24.6 Å². The van der Waals surface area contributed by atoms with Gasteiger partial charge in [0.1, 0.15) is 12.3 Å². The van der Waals surface area contributed by atoms with E-state index in [9.17, 15) is 9.59 Å². The molecule has 114 valence electrons. The van der Waals surface area contributed by atoms with Crippen molar-refractivity contribution < 1.29 is 19.1 Å². The first kappa shape index (κ1) is 15.3. The first-order valence-electron chi connectivity index (χ1n) is 6.58. The Kier molecular flexibility index (Phi) is 4.44. The molecule has 1 aliphatic heterocycles. The number of anilines is 1. The van der Waals surface area contributed by atoms with Gasteiger partial charge in [0.2, 0.25) is 5.91 Å². The van der Waals surface area contributed by atoms with Gasteiger partial charge < -0.3 is 20.9 Å². The van der Waals surface area contributed by atoms with Gasteiger partial charge in [-0.2, -0.15) is 0 Å². The topological polar surface area (TPSA) is 108 Å². The average Bonchev–Trinajstić information content (AvgIpc) is 2.43. The number of benzene rings is 1. The van der Waals surface area contributed by atoms with Gasteiger partial charge in [0.15, 0.2) is 6.10 Å². The van der Waals surface area contributed by atoms with Crippen molar-refractivity contribution in [3.8, 4) is 5.75 Å². The third-order valence-corrected chi connectivity index (χ3v) is 3.28. The lowest BCUT2D eigenvalue weighted by Crippen LogP contribution is -2.48. The van der Waals surface area contributed by atoms with E-state index in [-0.39, 0.29) is 18.5 Å². The maximum absolute atomic E-state index is 12.2. The zero-order chi connectivity index (χ0) is 15.6. The Morgan fingerprint density at radius 1 is 1.52 bits per heavy atom. The Balaban J connectivity index is 2.40. The van der Waals surface area contributed by atoms with Crippen LogP contribution in [0.15, 0.2) is 18.2 Å². The zero-order valence-electron chi connectivity index (χ0n) is 12.0. The summed E-state index contributed by atoms with van der Waals surface area (Å²) in [6, 6.07) is 4.95. The van der Waals surface area contributed by atoms with Crippen LogP contribution in [0.2, 0.25) is 0 Å². The minimum Gasteiger partial charge on any atom is -0.479 e. The summed E-state index contributed by atoms with van der Waals surface area (Å²) in [5, 5.41) is 0. The van der Waals surface area contributed by atoms with Gasteiger partial charge >= 0.3 is 0 Å². The van der Waals surface area contributed by atoms with Gasteiger partial charge in [0, 0.05) is 7.11 Å². The van der Waals surface area contributed by atoms with Crippen LogP contribution in [0, 0.1) is 0 Å². The third kappa shape index (κ3) is 3.14. The fourth-order valence-electron chi connectivity index (χ4n) is 2.25. The fourth-order valence-corrected chi connectivity index (χ4v) is 2.25. The van der Waals surface area contributed by atoms with E-state index in [1.54, 1.807) is 26.2 Å². The molecule has 0 spiro atoms. The maximum Gasteiger partial charge on any atom is 0.268 e. The van der Waals surface area contributed by atoms with Crippen molar-refractivity contribution >= 4 is 17.5 Å². The molecule has 0 saturated heterocycles. The smallest absolute Gasteiger partial charge is 0.268 e. The molecule has 1 aromatic rings. The molecule has 0 fully saturated rings. The number of amides is 2. The highest BCUT2D eigenvalue weighted by molar-refractivity contribution is 6.03. The maximum atomic E-state index is 12.2. The molecule has 7 nitrogen and oxygen atoms in total. The third-order valence-electron chi connectivity index (χ3n) is 3.28. The van der Waals surface area contributed by atoms with Crippen LogP contribution in [0.1, 0.15) is 18.5 Å². The van der Waals surface area contributed by atoms with Crippen LogP contribution < -0.4 is 21.1 Å². The number of hydrogen-bond acceptors (Lipinski definition) is 5. The van der Waals surface area contributed by atoms with Crippen LogP contribution in [0.4, 0.5) is 5.69 Å². The highest BCUT2D eigenvalue weighted by Crippen LogP contribution is 2.35. The van der Waals surface area contributed by atoms with E-state index in [1.807, 2.05) is 6.07 Å². The van der Waals surface area contributed by atoms with E-state index in [0.717, 1.165) is 5.56 Å². The zero-order valence-corrected chi connectivity index (χ0v) is 12.0. The van der Waals surface area contributed by atoms with Crippen LogP contribution in [-0.4, -0.2) is 38.2 Å². The average molecular weight is 293 g/mol. The number of nitrogens with two attached hydrogens (primary N) is 2. The number of ether oxygens (including phenoxy) is 2. The molecule has 2 unspecified atom stereocenters. The monoisotopic (exact) mass is 293 g/mol. The number of carbonyl (C=O) groups is 2. The van der Waals surface area contributed by atoms with Gasteiger partial charge in [-0.15, -0.1) is 0 Å². The molecule has 2 atom stereocenters. The molecule has 2 rings (SSSR count). The van der Waals surface area contributed by atoms with Crippen molar-refractivity contribution in [3.63, 3.8) is 0 Å². The number of fused-ring (bicyclic) bond motifs is 1. The summed E-state index contributed by atoms with van der Waals surface area (Å²) in [5.74, 6) is -0.370. The molecule has 0 aliphatic carbocycles. The minimum atomic E-state index is -0.657. The van der Waals surface area contributed by atoms with Gasteiger partial charge in [-0.1, -0.05) is 6.07 Å². The molecule has 0 saturated carbocycles. The van der Waals surface area contributed by atoms with Gasteiger partial charge in [0.05, 0.1) is 18.3 Å². The molecule has 2 amide bonds. The molecule has 7 heteroatoms. The van der Waals surface area contributed by atoms with Gasteiger partial charge in [-0.3, -0.25) is 14.5 Å². The summed E-state index contributed by atoms with van der Waals surface area (Å²) in [4.78, 5) is 24.7. The quantitative estimate of drug-likeness (QED) is 0.790. The first-order valence-corrected chi connectivity index (χ1v) is 6.58. The SMILES string of the molecule is COCC(N)c1ccc2c(c1)N(CC(N)=O)C(=O)C(C)O2.